The van der Waals surface area contributed by atoms with Crippen LogP contribution in [-0.4, -0.2) is 16.0 Å². The molecule has 3 rings (SSSR count). The molecule has 1 amide bonds. The van der Waals surface area contributed by atoms with E-state index >= 15 is 0 Å². The lowest BCUT2D eigenvalue weighted by atomic mass is 10.2. The molecule has 0 atom stereocenters. The highest BCUT2D eigenvalue weighted by Gasteiger charge is 2.21. The van der Waals surface area contributed by atoms with Gasteiger partial charge in [0.25, 0.3) is 5.91 Å². The van der Waals surface area contributed by atoms with Crippen LogP contribution in [0, 0.1) is 19.7 Å². The molecule has 7 heteroatoms. The van der Waals surface area contributed by atoms with Gasteiger partial charge in [0.05, 0.1) is 5.56 Å². The number of aromatic nitrogens is 2. The molecular weight excluding hydrogens is 325 g/mol. The Morgan fingerprint density at radius 3 is 2.84 bits per heavy atom. The van der Waals surface area contributed by atoms with Crippen LogP contribution < -0.4 is 10.1 Å². The fourth-order valence-corrected chi connectivity index (χ4v) is 2.23. The zero-order valence-corrected chi connectivity index (χ0v) is 13.7. The van der Waals surface area contributed by atoms with Crippen molar-refractivity contribution in [2.75, 3.05) is 5.32 Å². The molecule has 1 aromatic carbocycles. The molecule has 25 heavy (non-hydrogen) atoms. The van der Waals surface area contributed by atoms with Gasteiger partial charge in [-0.3, -0.25) is 4.79 Å². The summed E-state index contributed by atoms with van der Waals surface area (Å²) < 4.78 is 24.2. The van der Waals surface area contributed by atoms with Crippen molar-refractivity contribution in [3.05, 3.63) is 71.0 Å². The van der Waals surface area contributed by atoms with E-state index in [2.05, 4.69) is 15.5 Å². The summed E-state index contributed by atoms with van der Waals surface area (Å²) in [7, 11) is 0. The molecule has 128 valence electrons. The zero-order valence-electron chi connectivity index (χ0n) is 13.7. The molecular formula is C18H16FN3O3. The molecule has 0 radical (unpaired) electrons. The molecule has 0 fully saturated rings. The lowest BCUT2D eigenvalue weighted by Crippen LogP contribution is -2.16. The van der Waals surface area contributed by atoms with E-state index in [1.807, 2.05) is 13.0 Å². The maximum atomic E-state index is 13.7. The quantitative estimate of drug-likeness (QED) is 0.766. The van der Waals surface area contributed by atoms with Gasteiger partial charge in [-0.2, -0.15) is 0 Å². The van der Waals surface area contributed by atoms with Gasteiger partial charge in [0.1, 0.15) is 18.2 Å². The van der Waals surface area contributed by atoms with E-state index in [1.165, 1.54) is 12.1 Å². The number of aryl methyl sites for hydroxylation is 2. The van der Waals surface area contributed by atoms with Crippen LogP contribution in [0.4, 0.5) is 10.2 Å². The first-order valence-electron chi connectivity index (χ1n) is 7.61. The van der Waals surface area contributed by atoms with Crippen LogP contribution in [0.1, 0.15) is 27.4 Å². The van der Waals surface area contributed by atoms with Crippen LogP contribution in [0.25, 0.3) is 0 Å². The number of nitrogens with zero attached hydrogens (tertiary/aromatic N) is 2. The lowest BCUT2D eigenvalue weighted by Gasteiger charge is -2.08. The number of anilines is 1. The van der Waals surface area contributed by atoms with Crippen molar-refractivity contribution in [3.63, 3.8) is 0 Å². The van der Waals surface area contributed by atoms with E-state index < -0.39 is 11.7 Å². The molecule has 0 aliphatic rings. The third kappa shape index (κ3) is 3.82. The predicted octanol–water partition coefficient (Wildman–Crippen LogP) is 3.66. The normalized spacial score (nSPS) is 10.5. The molecule has 3 aromatic rings. The number of amides is 1. The standard InChI is InChI=1S/C18H16FN3O3/c1-11-7-8-20-16(9-11)21-18(23)17-13(12(2)25-22-17)10-24-15-6-4-3-5-14(15)19/h3-9H,10H2,1-2H3,(H,20,21,23). The second-order valence-corrected chi connectivity index (χ2v) is 5.46. The summed E-state index contributed by atoms with van der Waals surface area (Å²) in [6, 6.07) is 9.60. The van der Waals surface area contributed by atoms with Gasteiger partial charge < -0.3 is 14.6 Å². The summed E-state index contributed by atoms with van der Waals surface area (Å²) in [5.41, 5.74) is 1.50. The summed E-state index contributed by atoms with van der Waals surface area (Å²) in [6.45, 7) is 3.51. The van der Waals surface area contributed by atoms with Crippen LogP contribution in [-0.2, 0) is 6.61 Å². The van der Waals surface area contributed by atoms with Gasteiger partial charge in [-0.05, 0) is 43.7 Å². The summed E-state index contributed by atoms with van der Waals surface area (Å²) in [4.78, 5) is 16.5. The molecule has 2 aromatic heterocycles. The average Bonchev–Trinajstić information content (AvgIpc) is 2.95. The number of para-hydroxylation sites is 1. The first kappa shape index (κ1) is 16.6. The molecule has 0 saturated heterocycles. The number of nitrogens with one attached hydrogen (secondary N) is 1. The van der Waals surface area contributed by atoms with Crippen molar-refractivity contribution in [1.82, 2.24) is 10.1 Å². The topological polar surface area (TPSA) is 77.3 Å². The van der Waals surface area contributed by atoms with Crippen molar-refractivity contribution in [1.29, 1.82) is 0 Å². The van der Waals surface area contributed by atoms with E-state index in [9.17, 15) is 9.18 Å². The van der Waals surface area contributed by atoms with Crippen LogP contribution in [0.2, 0.25) is 0 Å². The van der Waals surface area contributed by atoms with Gasteiger partial charge in [-0.15, -0.1) is 0 Å². The van der Waals surface area contributed by atoms with E-state index in [0.29, 0.717) is 17.1 Å². The highest BCUT2D eigenvalue weighted by molar-refractivity contribution is 6.03. The summed E-state index contributed by atoms with van der Waals surface area (Å²) >= 11 is 0. The minimum absolute atomic E-state index is 0.0414. The number of rotatable bonds is 5. The fourth-order valence-electron chi connectivity index (χ4n) is 2.23. The minimum atomic E-state index is -0.480. The third-order valence-electron chi connectivity index (χ3n) is 3.57. The fraction of sp³-hybridized carbons (Fsp3) is 0.167. The molecule has 0 aliphatic carbocycles. The maximum Gasteiger partial charge on any atom is 0.279 e. The number of pyridine rings is 1. The lowest BCUT2D eigenvalue weighted by molar-refractivity contribution is 0.101. The number of hydrogen-bond donors (Lipinski definition) is 1. The Bertz CT molecular complexity index is 908. The Morgan fingerprint density at radius 1 is 1.28 bits per heavy atom. The summed E-state index contributed by atoms with van der Waals surface area (Å²) in [5, 5.41) is 6.44. The Morgan fingerprint density at radius 2 is 2.08 bits per heavy atom. The minimum Gasteiger partial charge on any atom is -0.486 e. The molecule has 6 nitrogen and oxygen atoms in total. The van der Waals surface area contributed by atoms with Gasteiger partial charge in [-0.25, -0.2) is 9.37 Å². The van der Waals surface area contributed by atoms with Crippen molar-refractivity contribution in [2.24, 2.45) is 0 Å². The van der Waals surface area contributed by atoms with E-state index in [-0.39, 0.29) is 18.1 Å². The van der Waals surface area contributed by atoms with Crippen molar-refractivity contribution in [2.45, 2.75) is 20.5 Å². The molecule has 0 saturated carbocycles. The number of ether oxygens (including phenoxy) is 1. The largest absolute Gasteiger partial charge is 0.486 e. The van der Waals surface area contributed by atoms with Gasteiger partial charge in [0, 0.05) is 6.20 Å². The van der Waals surface area contributed by atoms with Gasteiger partial charge in [0.15, 0.2) is 17.3 Å². The van der Waals surface area contributed by atoms with E-state index in [4.69, 9.17) is 9.26 Å². The Balaban J connectivity index is 1.77. The highest BCUT2D eigenvalue weighted by atomic mass is 19.1. The molecule has 0 bridgehead atoms. The van der Waals surface area contributed by atoms with Crippen LogP contribution in [0.15, 0.2) is 47.1 Å². The number of halogens is 1. The van der Waals surface area contributed by atoms with Crippen LogP contribution >= 0.6 is 0 Å². The Labute approximate surface area is 143 Å². The van der Waals surface area contributed by atoms with Gasteiger partial charge in [0.2, 0.25) is 0 Å². The second-order valence-electron chi connectivity index (χ2n) is 5.46. The van der Waals surface area contributed by atoms with Gasteiger partial charge >= 0.3 is 0 Å². The van der Waals surface area contributed by atoms with Crippen molar-refractivity contribution < 1.29 is 18.4 Å². The monoisotopic (exact) mass is 341 g/mol. The van der Waals surface area contributed by atoms with Crippen molar-refractivity contribution in [3.8, 4) is 5.75 Å². The summed E-state index contributed by atoms with van der Waals surface area (Å²) in [5.74, 6) is -0.0196. The second kappa shape index (κ2) is 7.12. The highest BCUT2D eigenvalue weighted by Crippen LogP contribution is 2.21. The zero-order chi connectivity index (χ0) is 17.8. The van der Waals surface area contributed by atoms with Crippen molar-refractivity contribution >= 4 is 11.7 Å². The van der Waals surface area contributed by atoms with Crippen LogP contribution in [0.3, 0.4) is 0 Å². The first-order chi connectivity index (χ1) is 12.0. The van der Waals surface area contributed by atoms with E-state index in [1.54, 1.807) is 31.3 Å². The maximum absolute atomic E-state index is 13.7. The number of carbonyl (C=O) groups is 1. The molecule has 1 N–H and O–H groups in total. The number of carbonyl (C=O) groups excluding carboxylic acids is 1. The van der Waals surface area contributed by atoms with Gasteiger partial charge in [-0.1, -0.05) is 17.3 Å². The first-order valence-corrected chi connectivity index (χ1v) is 7.61. The average molecular weight is 341 g/mol. The van der Waals surface area contributed by atoms with E-state index in [0.717, 1.165) is 5.56 Å². The molecule has 0 aliphatic heterocycles. The predicted molar refractivity (Wildman–Crippen MR) is 88.9 cm³/mol. The molecule has 0 spiro atoms. The molecule has 0 unspecified atom stereocenters. The molecule has 2 heterocycles. The number of hydrogen-bond acceptors (Lipinski definition) is 5. The SMILES string of the molecule is Cc1ccnc(NC(=O)c2noc(C)c2COc2ccccc2F)c1. The Hall–Kier alpha value is -3.22. The summed E-state index contributed by atoms with van der Waals surface area (Å²) in [6.07, 6.45) is 1.60. The Kier molecular flexibility index (Phi) is 4.74. The van der Waals surface area contributed by atoms with Crippen LogP contribution in [0.5, 0.6) is 5.75 Å². The number of benzene rings is 1. The smallest absolute Gasteiger partial charge is 0.279 e. The third-order valence-corrected chi connectivity index (χ3v) is 3.57.